The van der Waals surface area contributed by atoms with Crippen LogP contribution in [0.1, 0.15) is 27.7 Å². The van der Waals surface area contributed by atoms with E-state index in [1.807, 2.05) is 11.8 Å². The van der Waals surface area contributed by atoms with Crippen molar-refractivity contribution < 1.29 is 19.0 Å². The zero-order chi connectivity index (χ0) is 19.8. The van der Waals surface area contributed by atoms with Crippen LogP contribution in [0.25, 0.3) is 0 Å². The Morgan fingerprint density at radius 3 is 3.07 bits per heavy atom. The number of carbonyl (C=O) groups excluding carboxylic acids is 1. The molecule has 8 nitrogen and oxygen atoms in total. The molecule has 1 saturated heterocycles. The number of hydrogen-bond donors (Lipinski definition) is 1. The van der Waals surface area contributed by atoms with Gasteiger partial charge in [-0.15, -0.1) is 0 Å². The van der Waals surface area contributed by atoms with Crippen LogP contribution in [0.4, 0.5) is 0 Å². The maximum atomic E-state index is 13.0. The number of benzene rings is 1. The molecule has 152 valence electrons. The molecule has 3 aliphatic heterocycles. The Morgan fingerprint density at radius 1 is 1.24 bits per heavy atom. The van der Waals surface area contributed by atoms with Crippen molar-refractivity contribution in [1.29, 1.82) is 0 Å². The predicted octanol–water partition coefficient (Wildman–Crippen LogP) is 1.17. The highest BCUT2D eigenvalue weighted by Gasteiger charge is 2.34. The van der Waals surface area contributed by atoms with E-state index in [9.17, 15) is 9.59 Å². The number of thioether (sulfide) groups is 1. The molecule has 0 aliphatic carbocycles. The molecule has 1 aromatic carbocycles. The van der Waals surface area contributed by atoms with E-state index in [0.29, 0.717) is 43.5 Å². The quantitative estimate of drug-likeness (QED) is 0.805. The summed E-state index contributed by atoms with van der Waals surface area (Å²) in [5, 5.41) is 7.61. The van der Waals surface area contributed by atoms with Crippen LogP contribution in [0.15, 0.2) is 29.1 Å². The molecular formula is C20H21N3O5S. The first-order valence-electron chi connectivity index (χ1n) is 9.67. The minimum atomic E-state index is -0.357. The first kappa shape index (κ1) is 18.5. The minimum absolute atomic E-state index is 0.158. The molecule has 29 heavy (non-hydrogen) atoms. The molecule has 5 rings (SSSR count). The fourth-order valence-corrected chi connectivity index (χ4v) is 4.84. The lowest BCUT2D eigenvalue weighted by Gasteiger charge is -2.24. The summed E-state index contributed by atoms with van der Waals surface area (Å²) < 4.78 is 18.3. The van der Waals surface area contributed by atoms with E-state index in [-0.39, 0.29) is 23.6 Å². The van der Waals surface area contributed by atoms with Crippen LogP contribution in [-0.2, 0) is 16.9 Å². The molecular weight excluding hydrogens is 394 g/mol. The third kappa shape index (κ3) is 3.49. The summed E-state index contributed by atoms with van der Waals surface area (Å²) in [7, 11) is 0. The maximum Gasteiger partial charge on any atom is 0.267 e. The molecule has 2 aromatic rings. The van der Waals surface area contributed by atoms with Gasteiger partial charge in [0.05, 0.1) is 30.5 Å². The Morgan fingerprint density at radius 2 is 2.14 bits per heavy atom. The lowest BCUT2D eigenvalue weighted by molar-refractivity contribution is 0.0913. The normalized spacial score (nSPS) is 22.8. The molecule has 2 atom stereocenters. The number of para-hydroxylation sites is 1. The number of nitrogens with one attached hydrogen (secondary N) is 1. The third-order valence-electron chi connectivity index (χ3n) is 5.36. The van der Waals surface area contributed by atoms with Gasteiger partial charge in [0.15, 0.2) is 11.5 Å². The highest BCUT2D eigenvalue weighted by Crippen LogP contribution is 2.34. The van der Waals surface area contributed by atoms with Crippen LogP contribution >= 0.6 is 11.8 Å². The predicted molar refractivity (Wildman–Crippen MR) is 107 cm³/mol. The summed E-state index contributed by atoms with van der Waals surface area (Å²) in [5.41, 5.74) is 2.23. The van der Waals surface area contributed by atoms with Crippen LogP contribution in [0.3, 0.4) is 0 Å². The van der Waals surface area contributed by atoms with E-state index in [0.717, 1.165) is 29.2 Å². The molecule has 1 aromatic heterocycles. The van der Waals surface area contributed by atoms with Crippen LogP contribution in [-0.4, -0.2) is 53.9 Å². The Bertz CT molecular complexity index is 1010. The summed E-state index contributed by atoms with van der Waals surface area (Å²) >= 11 is 1.81. The van der Waals surface area contributed by atoms with Gasteiger partial charge in [-0.1, -0.05) is 6.07 Å². The smallest absolute Gasteiger partial charge is 0.267 e. The summed E-state index contributed by atoms with van der Waals surface area (Å²) in [6.45, 7) is 1.52. The van der Waals surface area contributed by atoms with Gasteiger partial charge in [-0.05, 0) is 23.4 Å². The number of amides is 1. The molecule has 0 saturated carbocycles. The Labute approximate surface area is 171 Å². The first-order valence-corrected chi connectivity index (χ1v) is 10.8. The molecule has 0 spiro atoms. The fourth-order valence-electron chi connectivity index (χ4n) is 3.89. The second-order valence-corrected chi connectivity index (χ2v) is 8.32. The largest absolute Gasteiger partial charge is 0.486 e. The summed E-state index contributed by atoms with van der Waals surface area (Å²) in [6, 6.07) is 6.21. The second-order valence-electron chi connectivity index (χ2n) is 7.22. The van der Waals surface area contributed by atoms with Crippen molar-refractivity contribution in [1.82, 2.24) is 15.1 Å². The van der Waals surface area contributed by atoms with Crippen molar-refractivity contribution in [3.05, 3.63) is 51.4 Å². The van der Waals surface area contributed by atoms with Crippen LogP contribution < -0.4 is 20.3 Å². The van der Waals surface area contributed by atoms with Gasteiger partial charge in [0.2, 0.25) is 0 Å². The van der Waals surface area contributed by atoms with Gasteiger partial charge in [-0.3, -0.25) is 9.59 Å². The molecule has 0 bridgehead atoms. The summed E-state index contributed by atoms with van der Waals surface area (Å²) in [6.07, 6.45) is 0.846. The third-order valence-corrected chi connectivity index (χ3v) is 6.36. The van der Waals surface area contributed by atoms with Crippen molar-refractivity contribution in [3.63, 3.8) is 0 Å². The van der Waals surface area contributed by atoms with Crippen LogP contribution in [0, 0.1) is 0 Å². The standard InChI is InChI=1S/C20H21N3O5S/c24-18-8-12-11-29-7-4-14(12)22-23(18)16-10-26-9-15(16)21-20(25)13-2-1-3-17-19(13)28-6-5-27-17/h1-3,8,15-16H,4-7,9-11H2,(H,21,25). The van der Waals surface area contributed by atoms with E-state index in [1.165, 1.54) is 4.68 Å². The number of ether oxygens (including phenoxy) is 3. The van der Waals surface area contributed by atoms with Crippen molar-refractivity contribution in [3.8, 4) is 11.5 Å². The average molecular weight is 415 g/mol. The lowest BCUT2D eigenvalue weighted by Crippen LogP contribution is -2.44. The first-order chi connectivity index (χ1) is 14.2. The topological polar surface area (TPSA) is 91.7 Å². The SMILES string of the molecule is O=C(NC1COCC1n1nc2c(cc1=O)CSCC2)c1cccc2c1OCCO2. The summed E-state index contributed by atoms with van der Waals surface area (Å²) in [5.74, 6) is 2.55. The monoisotopic (exact) mass is 415 g/mol. The number of aromatic nitrogens is 2. The maximum absolute atomic E-state index is 13.0. The second kappa shape index (κ2) is 7.72. The summed E-state index contributed by atoms with van der Waals surface area (Å²) in [4.78, 5) is 25.6. The Balaban J connectivity index is 1.40. The molecule has 1 amide bonds. The van der Waals surface area contributed by atoms with Gasteiger partial charge in [0, 0.05) is 18.2 Å². The zero-order valence-electron chi connectivity index (χ0n) is 15.8. The van der Waals surface area contributed by atoms with Crippen LogP contribution in [0.2, 0.25) is 0 Å². The zero-order valence-corrected chi connectivity index (χ0v) is 16.6. The van der Waals surface area contributed by atoms with E-state index in [2.05, 4.69) is 10.4 Å². The molecule has 1 fully saturated rings. The number of aryl methyl sites for hydroxylation is 1. The number of rotatable bonds is 3. The number of fused-ring (bicyclic) bond motifs is 2. The molecule has 2 unspecified atom stereocenters. The van der Waals surface area contributed by atoms with Crippen molar-refractivity contribution in [2.24, 2.45) is 0 Å². The van der Waals surface area contributed by atoms with E-state index in [1.54, 1.807) is 24.3 Å². The molecule has 0 radical (unpaired) electrons. The van der Waals surface area contributed by atoms with E-state index < -0.39 is 0 Å². The van der Waals surface area contributed by atoms with Gasteiger partial charge in [0.25, 0.3) is 11.5 Å². The van der Waals surface area contributed by atoms with Gasteiger partial charge in [-0.2, -0.15) is 16.9 Å². The Kier molecular flexibility index (Phi) is 4.92. The highest BCUT2D eigenvalue weighted by molar-refractivity contribution is 7.98. The van der Waals surface area contributed by atoms with Crippen molar-refractivity contribution in [2.45, 2.75) is 24.3 Å². The minimum Gasteiger partial charge on any atom is -0.486 e. The van der Waals surface area contributed by atoms with Gasteiger partial charge >= 0.3 is 0 Å². The van der Waals surface area contributed by atoms with Crippen molar-refractivity contribution >= 4 is 17.7 Å². The van der Waals surface area contributed by atoms with Gasteiger partial charge < -0.3 is 19.5 Å². The highest BCUT2D eigenvalue weighted by atomic mass is 32.2. The average Bonchev–Trinajstić information content (AvgIpc) is 3.20. The molecule has 9 heteroatoms. The number of carbonyl (C=O) groups is 1. The van der Waals surface area contributed by atoms with Gasteiger partial charge in [0.1, 0.15) is 19.3 Å². The van der Waals surface area contributed by atoms with Crippen molar-refractivity contribution in [2.75, 3.05) is 32.2 Å². The molecule has 1 N–H and O–H groups in total. The van der Waals surface area contributed by atoms with Gasteiger partial charge in [-0.25, -0.2) is 4.68 Å². The van der Waals surface area contributed by atoms with E-state index in [4.69, 9.17) is 14.2 Å². The number of nitrogens with zero attached hydrogens (tertiary/aromatic N) is 2. The Hall–Kier alpha value is -2.52. The fraction of sp³-hybridized carbons (Fsp3) is 0.450. The molecule has 3 aliphatic rings. The molecule has 4 heterocycles. The lowest BCUT2D eigenvalue weighted by atomic mass is 10.1. The van der Waals surface area contributed by atoms with E-state index >= 15 is 0 Å². The van der Waals surface area contributed by atoms with Crippen LogP contribution in [0.5, 0.6) is 11.5 Å². The number of hydrogen-bond acceptors (Lipinski definition) is 7.